The smallest absolute Gasteiger partial charge is 0.339 e. The van der Waals surface area contributed by atoms with Crippen LogP contribution in [0.25, 0.3) is 10.2 Å². The van der Waals surface area contributed by atoms with Gasteiger partial charge in [-0.15, -0.1) is 11.3 Å². The minimum Gasteiger partial charge on any atom is -0.449 e. The first-order valence-electron chi connectivity index (χ1n) is 9.18. The number of carbonyl (C=O) groups is 2. The number of hydrogen-bond donors (Lipinski definition) is 1. The number of carbonyl (C=O) groups excluding carboxylic acids is 2. The molecular formula is C21H20N2O3S2. The molecule has 0 aliphatic heterocycles. The van der Waals surface area contributed by atoms with Crippen LogP contribution in [-0.4, -0.2) is 29.0 Å². The highest BCUT2D eigenvalue weighted by molar-refractivity contribution is 8.00. The number of aromatic nitrogens is 1. The Morgan fingerprint density at radius 3 is 2.75 bits per heavy atom. The van der Waals surface area contributed by atoms with Gasteiger partial charge < -0.3 is 10.1 Å². The Morgan fingerprint density at radius 2 is 1.96 bits per heavy atom. The zero-order valence-electron chi connectivity index (χ0n) is 15.4. The minimum absolute atomic E-state index is 0.239. The monoisotopic (exact) mass is 412 g/mol. The van der Waals surface area contributed by atoms with Crippen LogP contribution in [-0.2, 0) is 15.3 Å². The third kappa shape index (κ3) is 4.54. The zero-order valence-corrected chi connectivity index (χ0v) is 17.0. The molecule has 0 spiro atoms. The summed E-state index contributed by atoms with van der Waals surface area (Å²) in [7, 11) is 0. The van der Waals surface area contributed by atoms with Crippen molar-refractivity contribution in [2.75, 3.05) is 0 Å². The molecule has 28 heavy (non-hydrogen) atoms. The number of fused-ring (bicyclic) bond motifs is 1. The van der Waals surface area contributed by atoms with Crippen LogP contribution in [0, 0.1) is 0 Å². The summed E-state index contributed by atoms with van der Waals surface area (Å²) in [5, 5.41) is 2.86. The number of nitrogens with one attached hydrogen (secondary N) is 1. The molecular weight excluding hydrogens is 392 g/mol. The molecule has 0 unspecified atom stereocenters. The van der Waals surface area contributed by atoms with Gasteiger partial charge >= 0.3 is 5.97 Å². The van der Waals surface area contributed by atoms with Gasteiger partial charge in [0.2, 0.25) is 0 Å². The average molecular weight is 413 g/mol. The first kappa shape index (κ1) is 19.0. The molecule has 1 aromatic heterocycles. The number of esters is 1. The van der Waals surface area contributed by atoms with Gasteiger partial charge in [0.15, 0.2) is 10.4 Å². The summed E-state index contributed by atoms with van der Waals surface area (Å²) in [6.45, 7) is 1.61. The molecule has 1 atom stereocenters. The van der Waals surface area contributed by atoms with Crippen LogP contribution in [0.4, 0.5) is 0 Å². The maximum atomic E-state index is 12.6. The van der Waals surface area contributed by atoms with Gasteiger partial charge in [-0.3, -0.25) is 4.79 Å². The van der Waals surface area contributed by atoms with E-state index in [4.69, 9.17) is 4.74 Å². The van der Waals surface area contributed by atoms with E-state index in [-0.39, 0.29) is 11.9 Å². The summed E-state index contributed by atoms with van der Waals surface area (Å²) in [5.74, 6) is -0.107. The number of thioether (sulfide) groups is 1. The standard InChI is InChI=1S/C21H20N2O3S2/c1-13(19(24)22-15-10-11-15)26-20(25)16-7-3-2-6-14(16)12-27-21-23-17-8-4-5-9-18(17)28-21/h2-9,13,15H,10-12H2,1H3,(H,22,24)/t13-/m0/s1. The highest BCUT2D eigenvalue weighted by Crippen LogP contribution is 2.32. The van der Waals surface area contributed by atoms with Crippen molar-refractivity contribution >= 4 is 45.2 Å². The third-order valence-electron chi connectivity index (χ3n) is 4.44. The molecule has 1 aliphatic carbocycles. The van der Waals surface area contributed by atoms with Crippen molar-refractivity contribution in [2.45, 2.75) is 42.0 Å². The summed E-state index contributed by atoms with van der Waals surface area (Å²) in [4.78, 5) is 29.3. The maximum absolute atomic E-state index is 12.6. The van der Waals surface area contributed by atoms with Crippen molar-refractivity contribution in [1.82, 2.24) is 10.3 Å². The lowest BCUT2D eigenvalue weighted by Gasteiger charge is -2.14. The summed E-state index contributed by atoms with van der Waals surface area (Å²) >= 11 is 3.23. The van der Waals surface area contributed by atoms with Gasteiger partial charge in [0, 0.05) is 11.8 Å². The fraction of sp³-hybridized carbons (Fsp3) is 0.286. The topological polar surface area (TPSA) is 68.3 Å². The van der Waals surface area contributed by atoms with Crippen molar-refractivity contribution in [3.63, 3.8) is 0 Å². The first-order valence-corrected chi connectivity index (χ1v) is 11.0. The third-order valence-corrected chi connectivity index (χ3v) is 6.67. The molecule has 1 saturated carbocycles. The maximum Gasteiger partial charge on any atom is 0.339 e. The van der Waals surface area contributed by atoms with Gasteiger partial charge in [-0.05, 0) is 43.5 Å². The molecule has 0 bridgehead atoms. The Hall–Kier alpha value is -2.38. The second kappa shape index (κ2) is 8.32. The lowest BCUT2D eigenvalue weighted by atomic mass is 10.1. The number of hydrogen-bond acceptors (Lipinski definition) is 6. The van der Waals surface area contributed by atoms with E-state index in [1.165, 1.54) is 0 Å². The molecule has 3 aromatic rings. The molecule has 7 heteroatoms. The summed E-state index contributed by atoms with van der Waals surface area (Å²) in [6, 6.07) is 15.6. The number of benzene rings is 2. The predicted octanol–water partition coefficient (Wildman–Crippen LogP) is 4.41. The van der Waals surface area contributed by atoms with E-state index < -0.39 is 12.1 Å². The molecule has 4 rings (SSSR count). The summed E-state index contributed by atoms with van der Waals surface area (Å²) in [6.07, 6.45) is 1.19. The largest absolute Gasteiger partial charge is 0.449 e. The molecule has 1 fully saturated rings. The molecule has 1 heterocycles. The molecule has 1 amide bonds. The van der Waals surface area contributed by atoms with E-state index >= 15 is 0 Å². The van der Waals surface area contributed by atoms with Gasteiger partial charge in [0.1, 0.15) is 0 Å². The number of thiazole rings is 1. The van der Waals surface area contributed by atoms with Crippen molar-refractivity contribution in [3.8, 4) is 0 Å². The molecule has 5 nitrogen and oxygen atoms in total. The Balaban J connectivity index is 1.42. The van der Waals surface area contributed by atoms with Gasteiger partial charge in [-0.25, -0.2) is 9.78 Å². The van der Waals surface area contributed by atoms with Gasteiger partial charge in [-0.2, -0.15) is 0 Å². The normalized spacial score (nSPS) is 14.6. The first-order chi connectivity index (χ1) is 13.6. The Morgan fingerprint density at radius 1 is 1.21 bits per heavy atom. The number of amides is 1. The van der Waals surface area contributed by atoms with E-state index in [0.29, 0.717) is 11.3 Å². The quantitative estimate of drug-likeness (QED) is 0.460. The van der Waals surface area contributed by atoms with E-state index in [2.05, 4.69) is 16.4 Å². The Kier molecular flexibility index (Phi) is 5.64. The van der Waals surface area contributed by atoms with Crippen LogP contribution >= 0.6 is 23.1 Å². The van der Waals surface area contributed by atoms with E-state index in [9.17, 15) is 9.59 Å². The van der Waals surface area contributed by atoms with Crippen LogP contribution in [0.3, 0.4) is 0 Å². The number of para-hydroxylation sites is 1. The second-order valence-corrected chi connectivity index (χ2v) is 8.98. The summed E-state index contributed by atoms with van der Waals surface area (Å²) < 4.78 is 7.50. The van der Waals surface area contributed by atoms with Crippen molar-refractivity contribution in [2.24, 2.45) is 0 Å². The van der Waals surface area contributed by atoms with Crippen LogP contribution in [0.15, 0.2) is 52.9 Å². The Labute approximate surface area is 171 Å². The van der Waals surface area contributed by atoms with Crippen LogP contribution in [0.5, 0.6) is 0 Å². The fourth-order valence-corrected chi connectivity index (χ4v) is 4.79. The van der Waals surface area contributed by atoms with Crippen LogP contribution in [0.2, 0.25) is 0 Å². The second-order valence-electron chi connectivity index (χ2n) is 6.72. The highest BCUT2D eigenvalue weighted by Gasteiger charge is 2.27. The molecule has 0 radical (unpaired) electrons. The number of nitrogens with zero attached hydrogens (tertiary/aromatic N) is 1. The van der Waals surface area contributed by atoms with Gasteiger partial charge in [-0.1, -0.05) is 42.1 Å². The van der Waals surface area contributed by atoms with Gasteiger partial charge in [0.25, 0.3) is 5.91 Å². The molecule has 1 N–H and O–H groups in total. The van der Waals surface area contributed by atoms with Crippen LogP contribution in [0.1, 0.15) is 35.7 Å². The number of ether oxygens (including phenoxy) is 1. The molecule has 144 valence electrons. The predicted molar refractivity (Wildman–Crippen MR) is 112 cm³/mol. The van der Waals surface area contributed by atoms with Crippen molar-refractivity contribution < 1.29 is 14.3 Å². The number of rotatable bonds is 7. The van der Waals surface area contributed by atoms with E-state index in [1.54, 1.807) is 42.2 Å². The molecule has 0 saturated heterocycles. The van der Waals surface area contributed by atoms with Crippen LogP contribution < -0.4 is 5.32 Å². The lowest BCUT2D eigenvalue weighted by molar-refractivity contribution is -0.129. The summed E-state index contributed by atoms with van der Waals surface area (Å²) in [5.41, 5.74) is 2.34. The van der Waals surface area contributed by atoms with Crippen molar-refractivity contribution in [1.29, 1.82) is 0 Å². The average Bonchev–Trinajstić information content (AvgIpc) is 3.41. The zero-order chi connectivity index (χ0) is 19.5. The highest BCUT2D eigenvalue weighted by atomic mass is 32.2. The Bertz CT molecular complexity index is 981. The minimum atomic E-state index is -0.807. The van der Waals surface area contributed by atoms with Gasteiger partial charge in [0.05, 0.1) is 15.8 Å². The van der Waals surface area contributed by atoms with E-state index in [1.807, 2.05) is 30.3 Å². The molecule has 1 aliphatic rings. The lowest BCUT2D eigenvalue weighted by Crippen LogP contribution is -2.37. The molecule has 2 aromatic carbocycles. The van der Waals surface area contributed by atoms with Crippen molar-refractivity contribution in [3.05, 3.63) is 59.7 Å². The fourth-order valence-electron chi connectivity index (χ4n) is 2.72. The van der Waals surface area contributed by atoms with E-state index in [0.717, 1.165) is 33.0 Å². The SMILES string of the molecule is C[C@H](OC(=O)c1ccccc1CSc1nc2ccccc2s1)C(=O)NC1CC1.